The number of nitrogens with one attached hydrogen (secondary N) is 2. The van der Waals surface area contributed by atoms with Gasteiger partial charge < -0.3 is 15.5 Å². The van der Waals surface area contributed by atoms with E-state index >= 15 is 0 Å². The lowest BCUT2D eigenvalue weighted by molar-refractivity contribution is -0.276. The maximum absolute atomic E-state index is 9.36. The average molecular weight is 280 g/mol. The first kappa shape index (κ1) is 15.9. The Hall–Kier alpha value is -2.11. The molecule has 1 rings (SSSR count). The Morgan fingerprint density at radius 3 is 2.15 bits per heavy atom. The van der Waals surface area contributed by atoms with Crippen LogP contribution in [0.25, 0.3) is 0 Å². The Labute approximate surface area is 118 Å². The van der Waals surface area contributed by atoms with Crippen LogP contribution in [-0.4, -0.2) is 45.0 Å². The van der Waals surface area contributed by atoms with Crippen molar-refractivity contribution in [2.45, 2.75) is 26.7 Å². The lowest BCUT2D eigenvalue weighted by Gasteiger charge is -2.13. The lowest BCUT2D eigenvalue weighted by atomic mass is 10.5. The van der Waals surface area contributed by atoms with Crippen LogP contribution in [0.15, 0.2) is 0 Å². The van der Waals surface area contributed by atoms with E-state index in [2.05, 4.69) is 31.5 Å². The highest BCUT2D eigenvalue weighted by atomic mass is 16.9. The van der Waals surface area contributed by atoms with Gasteiger partial charge in [-0.1, -0.05) is 19.8 Å². The predicted octanol–water partition coefficient (Wildman–Crippen LogP) is 1.13. The van der Waals surface area contributed by atoms with Crippen molar-refractivity contribution in [1.29, 1.82) is 0 Å². The summed E-state index contributed by atoms with van der Waals surface area (Å²) in [5.41, 5.74) is 0. The van der Waals surface area contributed by atoms with Gasteiger partial charge in [0.05, 0.1) is 0 Å². The van der Waals surface area contributed by atoms with Crippen molar-refractivity contribution < 1.29 is 10.0 Å². The molecule has 110 valence electrons. The number of nitrogens with zero attached hydrogens (tertiary/aromatic N) is 4. The molecular formula is C12H20N6O2. The van der Waals surface area contributed by atoms with Gasteiger partial charge in [0, 0.05) is 13.1 Å². The van der Waals surface area contributed by atoms with E-state index < -0.39 is 0 Å². The first-order valence-corrected chi connectivity index (χ1v) is 6.51. The zero-order valence-corrected chi connectivity index (χ0v) is 11.8. The Morgan fingerprint density at radius 1 is 1.15 bits per heavy atom. The highest BCUT2D eigenvalue weighted by Crippen LogP contribution is 2.12. The van der Waals surface area contributed by atoms with Crippen molar-refractivity contribution in [1.82, 2.24) is 20.2 Å². The smallest absolute Gasteiger partial charge is 0.345 e. The highest BCUT2D eigenvalue weighted by Gasteiger charge is 2.10. The van der Waals surface area contributed by atoms with Gasteiger partial charge >= 0.3 is 6.01 Å². The summed E-state index contributed by atoms with van der Waals surface area (Å²) in [6.45, 7) is 5.42. The summed E-state index contributed by atoms with van der Waals surface area (Å²) in [4.78, 5) is 17.3. The minimum atomic E-state index is -0.0961. The molecule has 0 aromatic carbocycles. The Balaban J connectivity index is 2.82. The van der Waals surface area contributed by atoms with E-state index in [0.717, 1.165) is 25.9 Å². The van der Waals surface area contributed by atoms with Crippen LogP contribution in [0.2, 0.25) is 0 Å². The summed E-state index contributed by atoms with van der Waals surface area (Å²) < 4.78 is 0. The molecule has 8 heteroatoms. The molecule has 0 aliphatic heterocycles. The number of aromatic nitrogens is 3. The fourth-order valence-electron chi connectivity index (χ4n) is 1.23. The molecule has 0 unspecified atom stereocenters. The topological polar surface area (TPSA) is 95.4 Å². The van der Waals surface area contributed by atoms with Crippen molar-refractivity contribution in [3.63, 3.8) is 0 Å². The number of hydrogen-bond acceptors (Lipinski definition) is 8. The summed E-state index contributed by atoms with van der Waals surface area (Å²) in [5.74, 6) is 2.99. The van der Waals surface area contributed by atoms with Gasteiger partial charge in [-0.2, -0.15) is 15.0 Å². The van der Waals surface area contributed by atoms with Gasteiger partial charge in [0.2, 0.25) is 11.9 Å². The molecule has 0 atom stereocenters. The van der Waals surface area contributed by atoms with Gasteiger partial charge in [0.15, 0.2) is 0 Å². The summed E-state index contributed by atoms with van der Waals surface area (Å²) in [7, 11) is 0. The van der Waals surface area contributed by atoms with Crippen molar-refractivity contribution in [3.05, 3.63) is 0 Å². The van der Waals surface area contributed by atoms with E-state index in [4.69, 9.17) is 11.3 Å². The third kappa shape index (κ3) is 5.69. The minimum Gasteiger partial charge on any atom is -0.354 e. The zero-order valence-electron chi connectivity index (χ0n) is 11.8. The molecule has 3 N–H and O–H groups in total. The maximum Gasteiger partial charge on any atom is 0.345 e. The van der Waals surface area contributed by atoms with E-state index in [1.165, 1.54) is 0 Å². The second-order valence-corrected chi connectivity index (χ2v) is 3.92. The van der Waals surface area contributed by atoms with Gasteiger partial charge in [0.1, 0.15) is 6.54 Å². The number of terminal acetylenes is 1. The van der Waals surface area contributed by atoms with Gasteiger partial charge in [-0.25, -0.2) is 0 Å². The predicted molar refractivity (Wildman–Crippen MR) is 75.3 cm³/mol. The molecule has 8 nitrogen and oxygen atoms in total. The normalized spacial score (nSPS) is 10.2. The molecular weight excluding hydrogens is 260 g/mol. The molecule has 0 radical (unpaired) electrons. The van der Waals surface area contributed by atoms with Crippen LogP contribution < -0.4 is 15.5 Å². The first-order valence-electron chi connectivity index (χ1n) is 6.51. The van der Waals surface area contributed by atoms with E-state index in [9.17, 15) is 5.21 Å². The van der Waals surface area contributed by atoms with Crippen molar-refractivity contribution in [3.8, 4) is 18.4 Å². The molecule has 0 spiro atoms. The monoisotopic (exact) mass is 280 g/mol. The van der Waals surface area contributed by atoms with Crippen LogP contribution in [0.1, 0.15) is 26.7 Å². The summed E-state index contributed by atoms with van der Waals surface area (Å²) in [6, 6.07) is -0.0324. The molecule has 0 fully saturated rings. The molecule has 0 aliphatic carbocycles. The molecule has 0 saturated carbocycles. The van der Waals surface area contributed by atoms with E-state index in [-0.39, 0.29) is 12.6 Å². The van der Waals surface area contributed by atoms with Gasteiger partial charge in [-0.3, -0.25) is 5.21 Å². The van der Waals surface area contributed by atoms with E-state index in [1.54, 1.807) is 0 Å². The molecule has 0 bridgehead atoms. The fourth-order valence-corrected chi connectivity index (χ4v) is 1.23. The zero-order chi connectivity index (χ0) is 14.8. The average Bonchev–Trinajstić information content (AvgIpc) is 2.43. The molecule has 0 saturated heterocycles. The van der Waals surface area contributed by atoms with Crippen molar-refractivity contribution in [2.75, 3.05) is 30.3 Å². The molecule has 0 amide bonds. The van der Waals surface area contributed by atoms with Gasteiger partial charge in [0.25, 0.3) is 0 Å². The standard InChI is InChI=1S/C12H20N6O2/c1-4-7-13-10-15-11(14-8-5-2)17-12(16-10)20-18(19)9-6-3/h3,19H,4-5,7-9H2,1-2H3,(H2,13,14,15,16,17). The number of rotatable bonds is 9. The Kier molecular flexibility index (Phi) is 7.10. The van der Waals surface area contributed by atoms with Crippen LogP contribution in [0.4, 0.5) is 11.9 Å². The third-order valence-electron chi connectivity index (χ3n) is 2.09. The maximum atomic E-state index is 9.36. The quantitative estimate of drug-likeness (QED) is 0.458. The van der Waals surface area contributed by atoms with Crippen molar-refractivity contribution >= 4 is 11.9 Å². The SMILES string of the molecule is C#CCN(O)Oc1nc(NCCC)nc(NCCC)n1. The Bertz CT molecular complexity index is 422. The summed E-state index contributed by atoms with van der Waals surface area (Å²) in [6.07, 6.45) is 6.93. The van der Waals surface area contributed by atoms with Crippen LogP contribution in [0.5, 0.6) is 6.01 Å². The molecule has 1 aromatic rings. The molecule has 0 aliphatic rings. The Morgan fingerprint density at radius 2 is 1.70 bits per heavy atom. The summed E-state index contributed by atoms with van der Waals surface area (Å²) in [5, 5.41) is 15.9. The number of hydrogen-bond donors (Lipinski definition) is 3. The minimum absolute atomic E-state index is 0.0324. The first-order chi connectivity index (χ1) is 9.69. The van der Waals surface area contributed by atoms with Gasteiger partial charge in [-0.05, 0) is 18.1 Å². The third-order valence-corrected chi connectivity index (χ3v) is 2.09. The number of anilines is 2. The molecule has 1 aromatic heterocycles. The van der Waals surface area contributed by atoms with Crippen LogP contribution in [0.3, 0.4) is 0 Å². The number of hydroxylamine groups is 2. The summed E-state index contributed by atoms with van der Waals surface area (Å²) >= 11 is 0. The second-order valence-electron chi connectivity index (χ2n) is 3.92. The second kappa shape index (κ2) is 8.90. The van der Waals surface area contributed by atoms with E-state index in [0.29, 0.717) is 17.1 Å². The van der Waals surface area contributed by atoms with Gasteiger partial charge in [-0.15, -0.1) is 6.42 Å². The molecule has 1 heterocycles. The van der Waals surface area contributed by atoms with Crippen LogP contribution in [-0.2, 0) is 0 Å². The fraction of sp³-hybridized carbons (Fsp3) is 0.583. The van der Waals surface area contributed by atoms with E-state index in [1.807, 2.05) is 13.8 Å². The largest absolute Gasteiger partial charge is 0.354 e. The highest BCUT2D eigenvalue weighted by molar-refractivity contribution is 5.35. The van der Waals surface area contributed by atoms with Crippen molar-refractivity contribution in [2.24, 2.45) is 0 Å². The van der Waals surface area contributed by atoms with Crippen LogP contribution >= 0.6 is 0 Å². The lowest BCUT2D eigenvalue weighted by Crippen LogP contribution is -2.25. The molecule has 20 heavy (non-hydrogen) atoms. The van der Waals surface area contributed by atoms with Crippen LogP contribution in [0, 0.1) is 12.3 Å².